The van der Waals surface area contributed by atoms with Crippen molar-refractivity contribution in [1.29, 1.82) is 0 Å². The van der Waals surface area contributed by atoms with Crippen molar-refractivity contribution >= 4 is 17.0 Å². The Bertz CT molecular complexity index is 532. The lowest BCUT2D eigenvalue weighted by atomic mass is 9.77. The second-order valence-corrected chi connectivity index (χ2v) is 5.87. The van der Waals surface area contributed by atoms with Gasteiger partial charge >= 0.3 is 0 Å². The molecule has 4 heteroatoms. The highest BCUT2D eigenvalue weighted by Crippen LogP contribution is 2.34. The lowest BCUT2D eigenvalue weighted by Crippen LogP contribution is -2.46. The number of aromatic amines is 1. The highest BCUT2D eigenvalue weighted by atomic mass is 16.3. The molecule has 1 aliphatic rings. The van der Waals surface area contributed by atoms with E-state index in [1.165, 1.54) is 6.42 Å². The Morgan fingerprint density at radius 3 is 3.05 bits per heavy atom. The topological polar surface area (TPSA) is 60.9 Å². The Hall–Kier alpha value is -1.55. The predicted molar refractivity (Wildman–Crippen MR) is 77.2 cm³/mol. The van der Waals surface area contributed by atoms with Crippen LogP contribution in [0.3, 0.4) is 0 Å². The molecule has 0 amide bonds. The lowest BCUT2D eigenvalue weighted by Gasteiger charge is -2.39. The van der Waals surface area contributed by atoms with Gasteiger partial charge in [0.2, 0.25) is 5.95 Å². The second-order valence-electron chi connectivity index (χ2n) is 5.87. The van der Waals surface area contributed by atoms with Crippen LogP contribution in [0.25, 0.3) is 11.0 Å². The first-order chi connectivity index (χ1) is 9.21. The van der Waals surface area contributed by atoms with E-state index in [2.05, 4.69) is 22.2 Å². The van der Waals surface area contributed by atoms with Crippen molar-refractivity contribution in [2.45, 2.75) is 38.1 Å². The molecule has 0 saturated heterocycles. The van der Waals surface area contributed by atoms with Gasteiger partial charge in [0.25, 0.3) is 0 Å². The first kappa shape index (κ1) is 12.5. The van der Waals surface area contributed by atoms with E-state index in [1.54, 1.807) is 0 Å². The number of fused-ring (bicyclic) bond motifs is 1. The summed E-state index contributed by atoms with van der Waals surface area (Å²) in [5.74, 6) is 1.42. The summed E-state index contributed by atoms with van der Waals surface area (Å²) >= 11 is 0. The van der Waals surface area contributed by atoms with Crippen LogP contribution < -0.4 is 5.32 Å². The zero-order valence-electron chi connectivity index (χ0n) is 11.3. The number of nitrogens with zero attached hydrogens (tertiary/aromatic N) is 1. The van der Waals surface area contributed by atoms with Gasteiger partial charge in [0, 0.05) is 0 Å². The van der Waals surface area contributed by atoms with E-state index >= 15 is 0 Å². The lowest BCUT2D eigenvalue weighted by molar-refractivity contribution is 0.149. The van der Waals surface area contributed by atoms with Gasteiger partial charge in [0.15, 0.2) is 0 Å². The first-order valence-electron chi connectivity index (χ1n) is 7.05. The SMILES string of the molecule is CC1CCCC(CO)(Nc2nc3ccccc3[nH]2)C1. The number of anilines is 1. The van der Waals surface area contributed by atoms with Crippen molar-refractivity contribution in [3.63, 3.8) is 0 Å². The van der Waals surface area contributed by atoms with Crippen LogP contribution in [-0.2, 0) is 0 Å². The predicted octanol–water partition coefficient (Wildman–Crippen LogP) is 2.92. The molecule has 3 N–H and O–H groups in total. The fraction of sp³-hybridized carbons (Fsp3) is 0.533. The number of imidazole rings is 1. The minimum absolute atomic E-state index is 0.161. The summed E-state index contributed by atoms with van der Waals surface area (Å²) in [5.41, 5.74) is 1.77. The molecule has 0 spiro atoms. The number of rotatable bonds is 3. The van der Waals surface area contributed by atoms with E-state index in [9.17, 15) is 5.11 Å². The molecule has 0 bridgehead atoms. The van der Waals surface area contributed by atoms with Gasteiger partial charge in [-0.25, -0.2) is 4.98 Å². The van der Waals surface area contributed by atoms with E-state index in [4.69, 9.17) is 0 Å². The summed E-state index contributed by atoms with van der Waals surface area (Å²) in [5, 5.41) is 13.2. The van der Waals surface area contributed by atoms with Crippen LogP contribution in [0.4, 0.5) is 5.95 Å². The van der Waals surface area contributed by atoms with Crippen molar-refractivity contribution in [1.82, 2.24) is 9.97 Å². The van der Waals surface area contributed by atoms with E-state index < -0.39 is 0 Å². The van der Waals surface area contributed by atoms with E-state index in [0.29, 0.717) is 5.92 Å². The summed E-state index contributed by atoms with van der Waals surface area (Å²) in [6.07, 6.45) is 4.42. The molecule has 19 heavy (non-hydrogen) atoms. The van der Waals surface area contributed by atoms with Crippen LogP contribution in [0.15, 0.2) is 24.3 Å². The van der Waals surface area contributed by atoms with E-state index in [0.717, 1.165) is 36.2 Å². The van der Waals surface area contributed by atoms with Crippen LogP contribution in [0, 0.1) is 5.92 Å². The molecule has 1 heterocycles. The summed E-state index contributed by atoms with van der Waals surface area (Å²) in [7, 11) is 0. The Morgan fingerprint density at radius 1 is 1.47 bits per heavy atom. The number of para-hydroxylation sites is 2. The third-order valence-corrected chi connectivity index (χ3v) is 4.17. The van der Waals surface area contributed by atoms with Crippen molar-refractivity contribution in [3.05, 3.63) is 24.3 Å². The molecule has 1 aromatic carbocycles. The third kappa shape index (κ3) is 2.45. The van der Waals surface area contributed by atoms with Crippen LogP contribution in [0.5, 0.6) is 0 Å². The first-order valence-corrected chi connectivity index (χ1v) is 7.05. The van der Waals surface area contributed by atoms with Gasteiger partial charge in [-0.15, -0.1) is 0 Å². The quantitative estimate of drug-likeness (QED) is 0.794. The Kier molecular flexibility index (Phi) is 3.19. The van der Waals surface area contributed by atoms with E-state index in [-0.39, 0.29) is 12.1 Å². The molecule has 2 atom stereocenters. The standard InChI is InChI=1S/C15H21N3O/c1-11-5-4-8-15(9-11,10-19)18-14-16-12-6-2-3-7-13(12)17-14/h2-3,6-7,11,19H,4-5,8-10H2,1H3,(H2,16,17,18). The number of hydrogen-bond donors (Lipinski definition) is 3. The third-order valence-electron chi connectivity index (χ3n) is 4.17. The number of aromatic nitrogens is 2. The molecule has 1 aliphatic carbocycles. The van der Waals surface area contributed by atoms with Gasteiger partial charge < -0.3 is 15.4 Å². The second kappa shape index (κ2) is 4.85. The summed E-state index contributed by atoms with van der Waals surface area (Å²) in [6.45, 7) is 2.41. The number of hydrogen-bond acceptors (Lipinski definition) is 3. The molecule has 1 fully saturated rings. The molecular formula is C15H21N3O. The number of aliphatic hydroxyl groups is 1. The molecule has 3 rings (SSSR count). The van der Waals surface area contributed by atoms with Crippen LogP contribution in [0.1, 0.15) is 32.6 Å². The zero-order chi connectivity index (χ0) is 13.3. The summed E-state index contributed by atoms with van der Waals surface area (Å²) < 4.78 is 0. The minimum Gasteiger partial charge on any atom is -0.394 e. The van der Waals surface area contributed by atoms with Crippen molar-refractivity contribution < 1.29 is 5.11 Å². The monoisotopic (exact) mass is 259 g/mol. The van der Waals surface area contributed by atoms with Crippen LogP contribution in [-0.4, -0.2) is 27.2 Å². The molecule has 4 nitrogen and oxygen atoms in total. The molecule has 102 valence electrons. The normalized spacial score (nSPS) is 27.6. The van der Waals surface area contributed by atoms with Gasteiger partial charge in [-0.2, -0.15) is 0 Å². The van der Waals surface area contributed by atoms with Crippen molar-refractivity contribution in [3.8, 4) is 0 Å². The van der Waals surface area contributed by atoms with Gasteiger partial charge in [-0.3, -0.25) is 0 Å². The smallest absolute Gasteiger partial charge is 0.201 e. The maximum atomic E-state index is 9.79. The fourth-order valence-electron chi connectivity index (χ4n) is 3.22. The molecule has 0 aliphatic heterocycles. The summed E-state index contributed by atoms with van der Waals surface area (Å²) in [4.78, 5) is 7.83. The molecular weight excluding hydrogens is 238 g/mol. The molecule has 1 aromatic heterocycles. The van der Waals surface area contributed by atoms with Crippen molar-refractivity contribution in [2.24, 2.45) is 5.92 Å². The Morgan fingerprint density at radius 2 is 2.32 bits per heavy atom. The van der Waals surface area contributed by atoms with Gasteiger partial charge in [-0.1, -0.05) is 31.9 Å². The highest BCUT2D eigenvalue weighted by Gasteiger charge is 2.35. The number of nitrogens with one attached hydrogen (secondary N) is 2. The Labute approximate surface area is 113 Å². The minimum atomic E-state index is -0.217. The van der Waals surface area contributed by atoms with E-state index in [1.807, 2.05) is 24.3 Å². The molecule has 0 radical (unpaired) electrons. The number of benzene rings is 1. The zero-order valence-corrected chi connectivity index (χ0v) is 11.3. The van der Waals surface area contributed by atoms with Crippen molar-refractivity contribution in [2.75, 3.05) is 11.9 Å². The molecule has 1 saturated carbocycles. The number of aliphatic hydroxyl groups excluding tert-OH is 1. The maximum absolute atomic E-state index is 9.79. The molecule has 2 aromatic rings. The fourth-order valence-corrected chi connectivity index (χ4v) is 3.22. The van der Waals surface area contributed by atoms with Gasteiger partial charge in [0.05, 0.1) is 23.2 Å². The molecule has 2 unspecified atom stereocenters. The average Bonchev–Trinajstić information content (AvgIpc) is 2.80. The average molecular weight is 259 g/mol. The number of H-pyrrole nitrogens is 1. The Balaban J connectivity index is 1.85. The van der Waals surface area contributed by atoms with Gasteiger partial charge in [0.1, 0.15) is 0 Å². The van der Waals surface area contributed by atoms with Gasteiger partial charge in [-0.05, 0) is 30.9 Å². The highest BCUT2D eigenvalue weighted by molar-refractivity contribution is 5.77. The van der Waals surface area contributed by atoms with Crippen LogP contribution in [0.2, 0.25) is 0 Å². The largest absolute Gasteiger partial charge is 0.394 e. The van der Waals surface area contributed by atoms with Crippen LogP contribution >= 0.6 is 0 Å². The summed E-state index contributed by atoms with van der Waals surface area (Å²) in [6, 6.07) is 7.99. The maximum Gasteiger partial charge on any atom is 0.201 e.